The second-order valence-electron chi connectivity index (χ2n) is 4.69. The van der Waals surface area contributed by atoms with Crippen LogP contribution in [0.1, 0.15) is 25.0 Å². The van der Waals surface area contributed by atoms with Crippen molar-refractivity contribution >= 4 is 0 Å². The van der Waals surface area contributed by atoms with Crippen molar-refractivity contribution in [3.63, 3.8) is 0 Å². The normalized spacial score (nSPS) is 14.1. The number of halogens is 1. The summed E-state index contributed by atoms with van der Waals surface area (Å²) in [6, 6.07) is 3.64. The standard InChI is InChI=1S/C13H18FNO2/c1-13(2,14)10-7-12-11(16-8-17-12)6-9(10)4-5-15-3/h6-7,15H,4-5,8H2,1-3H3. The summed E-state index contributed by atoms with van der Waals surface area (Å²) in [6.45, 7) is 4.15. The molecule has 0 aromatic heterocycles. The fraction of sp³-hybridized carbons (Fsp3) is 0.538. The highest BCUT2D eigenvalue weighted by Crippen LogP contribution is 2.39. The molecular weight excluding hydrogens is 221 g/mol. The van der Waals surface area contributed by atoms with Crippen molar-refractivity contribution in [1.82, 2.24) is 5.32 Å². The molecule has 0 amide bonds. The highest BCUT2D eigenvalue weighted by Gasteiger charge is 2.26. The number of hydrogen-bond acceptors (Lipinski definition) is 3. The molecule has 0 radical (unpaired) electrons. The molecule has 0 spiro atoms. The van der Waals surface area contributed by atoms with Crippen LogP contribution in [0.4, 0.5) is 4.39 Å². The van der Waals surface area contributed by atoms with E-state index in [1.807, 2.05) is 13.1 Å². The van der Waals surface area contributed by atoms with Crippen molar-refractivity contribution in [2.24, 2.45) is 0 Å². The molecule has 17 heavy (non-hydrogen) atoms. The van der Waals surface area contributed by atoms with Gasteiger partial charge in [-0.1, -0.05) is 0 Å². The van der Waals surface area contributed by atoms with Crippen molar-refractivity contribution in [3.8, 4) is 11.5 Å². The number of alkyl halides is 1. The lowest BCUT2D eigenvalue weighted by molar-refractivity contribution is 0.173. The summed E-state index contributed by atoms with van der Waals surface area (Å²) in [5, 5.41) is 3.07. The van der Waals surface area contributed by atoms with Gasteiger partial charge in [-0.2, -0.15) is 0 Å². The average molecular weight is 239 g/mol. The monoisotopic (exact) mass is 239 g/mol. The minimum atomic E-state index is -1.37. The number of ether oxygens (including phenoxy) is 2. The van der Waals surface area contributed by atoms with Crippen LogP contribution in [0.15, 0.2) is 12.1 Å². The van der Waals surface area contributed by atoms with Crippen molar-refractivity contribution in [2.45, 2.75) is 25.9 Å². The SMILES string of the molecule is CNCCc1cc2c(cc1C(C)(C)F)OCO2. The topological polar surface area (TPSA) is 30.5 Å². The van der Waals surface area contributed by atoms with Crippen LogP contribution in [0, 0.1) is 0 Å². The Hall–Kier alpha value is -1.29. The third kappa shape index (κ3) is 2.52. The van der Waals surface area contributed by atoms with Crippen LogP contribution in [-0.4, -0.2) is 20.4 Å². The minimum absolute atomic E-state index is 0.219. The molecule has 3 nitrogen and oxygen atoms in total. The lowest BCUT2D eigenvalue weighted by Gasteiger charge is -2.20. The van der Waals surface area contributed by atoms with E-state index in [1.54, 1.807) is 19.9 Å². The molecule has 1 aromatic carbocycles. The number of nitrogens with one attached hydrogen (secondary N) is 1. The van der Waals surface area contributed by atoms with Gasteiger partial charge in [-0.05, 0) is 57.1 Å². The first-order valence-corrected chi connectivity index (χ1v) is 5.79. The van der Waals surface area contributed by atoms with Crippen molar-refractivity contribution < 1.29 is 13.9 Å². The second kappa shape index (κ2) is 4.53. The lowest BCUT2D eigenvalue weighted by Crippen LogP contribution is -2.16. The Balaban J connectivity index is 2.40. The van der Waals surface area contributed by atoms with E-state index in [0.29, 0.717) is 17.1 Å². The number of hydrogen-bond donors (Lipinski definition) is 1. The zero-order valence-corrected chi connectivity index (χ0v) is 10.5. The first kappa shape index (κ1) is 12.2. The van der Waals surface area contributed by atoms with Crippen LogP contribution in [0.25, 0.3) is 0 Å². The fourth-order valence-electron chi connectivity index (χ4n) is 2.00. The molecule has 0 saturated heterocycles. The van der Waals surface area contributed by atoms with Crippen LogP contribution in [0.2, 0.25) is 0 Å². The highest BCUT2D eigenvalue weighted by molar-refractivity contribution is 5.50. The molecule has 0 saturated carbocycles. The van der Waals surface area contributed by atoms with Gasteiger partial charge in [-0.15, -0.1) is 0 Å². The largest absolute Gasteiger partial charge is 0.454 e. The van der Waals surface area contributed by atoms with Crippen molar-refractivity contribution in [2.75, 3.05) is 20.4 Å². The van der Waals surface area contributed by atoms with Gasteiger partial charge in [0.2, 0.25) is 6.79 Å². The van der Waals surface area contributed by atoms with E-state index in [9.17, 15) is 4.39 Å². The Morgan fingerprint density at radius 2 is 1.94 bits per heavy atom. The number of rotatable bonds is 4. The van der Waals surface area contributed by atoms with Gasteiger partial charge in [-0.3, -0.25) is 0 Å². The van der Waals surface area contributed by atoms with Gasteiger partial charge in [0.15, 0.2) is 11.5 Å². The molecule has 4 heteroatoms. The second-order valence-corrected chi connectivity index (χ2v) is 4.69. The van der Waals surface area contributed by atoms with E-state index in [1.165, 1.54) is 0 Å². The molecule has 1 aromatic rings. The third-order valence-corrected chi connectivity index (χ3v) is 2.88. The maximum absolute atomic E-state index is 14.2. The molecule has 2 rings (SSSR count). The third-order valence-electron chi connectivity index (χ3n) is 2.88. The van der Waals surface area contributed by atoms with Crippen molar-refractivity contribution in [1.29, 1.82) is 0 Å². The van der Waals surface area contributed by atoms with Crippen LogP contribution < -0.4 is 14.8 Å². The molecule has 0 aliphatic carbocycles. The number of benzene rings is 1. The Morgan fingerprint density at radius 1 is 1.29 bits per heavy atom. The Morgan fingerprint density at radius 3 is 2.53 bits per heavy atom. The van der Waals surface area contributed by atoms with Crippen LogP contribution >= 0.6 is 0 Å². The fourth-order valence-corrected chi connectivity index (χ4v) is 2.00. The van der Waals surface area contributed by atoms with E-state index >= 15 is 0 Å². The molecule has 0 bridgehead atoms. The van der Waals surface area contributed by atoms with Gasteiger partial charge in [0.1, 0.15) is 5.67 Å². The summed E-state index contributed by atoms with van der Waals surface area (Å²) in [6.07, 6.45) is 0.774. The molecule has 1 aliphatic heterocycles. The average Bonchev–Trinajstić information content (AvgIpc) is 2.70. The zero-order chi connectivity index (χ0) is 12.5. The smallest absolute Gasteiger partial charge is 0.231 e. The molecule has 1 aliphatic rings. The van der Waals surface area contributed by atoms with Gasteiger partial charge in [0.25, 0.3) is 0 Å². The van der Waals surface area contributed by atoms with Gasteiger partial charge in [0.05, 0.1) is 0 Å². The highest BCUT2D eigenvalue weighted by atomic mass is 19.1. The molecule has 1 N–H and O–H groups in total. The summed E-state index contributed by atoms with van der Waals surface area (Å²) in [5.41, 5.74) is 0.275. The summed E-state index contributed by atoms with van der Waals surface area (Å²) in [5.74, 6) is 1.35. The predicted octanol–water partition coefficient (Wildman–Crippen LogP) is 2.38. The summed E-state index contributed by atoms with van der Waals surface area (Å²) < 4.78 is 24.8. The Kier molecular flexibility index (Phi) is 3.24. The maximum atomic E-state index is 14.2. The molecule has 0 fully saturated rings. The van der Waals surface area contributed by atoms with E-state index < -0.39 is 5.67 Å². The van der Waals surface area contributed by atoms with E-state index in [4.69, 9.17) is 9.47 Å². The Bertz CT molecular complexity index is 413. The molecule has 94 valence electrons. The maximum Gasteiger partial charge on any atom is 0.231 e. The quantitative estimate of drug-likeness (QED) is 0.875. The zero-order valence-electron chi connectivity index (χ0n) is 10.5. The van der Waals surface area contributed by atoms with E-state index in [-0.39, 0.29) is 6.79 Å². The van der Waals surface area contributed by atoms with Gasteiger partial charge in [0, 0.05) is 0 Å². The number of fused-ring (bicyclic) bond motifs is 1. The summed E-state index contributed by atoms with van der Waals surface area (Å²) in [7, 11) is 1.88. The lowest BCUT2D eigenvalue weighted by atomic mass is 9.92. The van der Waals surface area contributed by atoms with Crippen molar-refractivity contribution in [3.05, 3.63) is 23.3 Å². The first-order valence-electron chi connectivity index (χ1n) is 5.79. The molecule has 0 atom stereocenters. The Labute approximate surface area is 101 Å². The number of likely N-dealkylation sites (N-methyl/N-ethyl adjacent to an activating group) is 1. The van der Waals surface area contributed by atoms with E-state index in [0.717, 1.165) is 18.5 Å². The molecular formula is C13H18FNO2. The molecule has 0 unspecified atom stereocenters. The van der Waals surface area contributed by atoms with Gasteiger partial charge < -0.3 is 14.8 Å². The predicted molar refractivity (Wildman–Crippen MR) is 64.3 cm³/mol. The molecule has 1 heterocycles. The van der Waals surface area contributed by atoms with Gasteiger partial charge in [-0.25, -0.2) is 4.39 Å². The summed E-state index contributed by atoms with van der Waals surface area (Å²) >= 11 is 0. The van der Waals surface area contributed by atoms with E-state index in [2.05, 4.69) is 5.32 Å². The van der Waals surface area contributed by atoms with Gasteiger partial charge >= 0.3 is 0 Å². The first-order chi connectivity index (χ1) is 8.02. The van der Waals surface area contributed by atoms with Crippen LogP contribution in [-0.2, 0) is 12.1 Å². The van der Waals surface area contributed by atoms with Crippen LogP contribution in [0.5, 0.6) is 11.5 Å². The minimum Gasteiger partial charge on any atom is -0.454 e. The van der Waals surface area contributed by atoms with Crippen LogP contribution in [0.3, 0.4) is 0 Å². The summed E-state index contributed by atoms with van der Waals surface area (Å²) in [4.78, 5) is 0.